The number of carboxylic acids is 1. The van der Waals surface area contributed by atoms with Crippen LogP contribution in [0.3, 0.4) is 0 Å². The zero-order valence-corrected chi connectivity index (χ0v) is 12.5. The van der Waals surface area contributed by atoms with Gasteiger partial charge in [0.15, 0.2) is 0 Å². The van der Waals surface area contributed by atoms with Crippen LogP contribution in [0.25, 0.3) is 0 Å². The van der Waals surface area contributed by atoms with Gasteiger partial charge in [-0.05, 0) is 0 Å². The number of aromatic carboxylic acids is 1. The number of carboxylic acid groups (broad SMARTS) is 1. The average Bonchev–Trinajstić information content (AvgIpc) is 2.75. The third kappa shape index (κ3) is 3.77. The number of nitrogens with zero attached hydrogens (tertiary/aromatic N) is 3. The van der Waals surface area contributed by atoms with Gasteiger partial charge in [-0.25, -0.2) is 0 Å². The number of carbonyl (C=O) groups is 1. The molecule has 0 bridgehead atoms. The van der Waals surface area contributed by atoms with E-state index in [-0.39, 0.29) is 10.7 Å². The van der Waals surface area contributed by atoms with Crippen LogP contribution in [0.2, 0.25) is 5.15 Å². The van der Waals surface area contributed by atoms with Crippen molar-refractivity contribution in [2.45, 2.75) is 13.0 Å². The molecule has 0 spiro atoms. The van der Waals surface area contributed by atoms with E-state index in [4.69, 9.17) is 16.7 Å². The van der Waals surface area contributed by atoms with E-state index in [9.17, 15) is 13.6 Å². The quantitative estimate of drug-likeness (QED) is 0.623. The second kappa shape index (κ2) is 6.33. The van der Waals surface area contributed by atoms with Crippen molar-refractivity contribution in [1.29, 1.82) is 0 Å². The molecular weight excluding hydrogens is 355 g/mol. The summed E-state index contributed by atoms with van der Waals surface area (Å²) in [7, 11) is 0. The molecule has 0 atom stereocenters. The van der Waals surface area contributed by atoms with Crippen molar-refractivity contribution in [3.63, 3.8) is 0 Å². The van der Waals surface area contributed by atoms with E-state index in [0.29, 0.717) is 8.70 Å². The van der Waals surface area contributed by atoms with Gasteiger partial charge in [-0.3, -0.25) is 0 Å². The van der Waals surface area contributed by atoms with Crippen LogP contribution >= 0.6 is 11.6 Å². The molecule has 0 aliphatic rings. The van der Waals surface area contributed by atoms with Gasteiger partial charge in [-0.15, -0.1) is 0 Å². The van der Waals surface area contributed by atoms with Crippen LogP contribution in [0.5, 0.6) is 0 Å². The fraction of sp³-hybridized carbons (Fsp3) is 0.182. The number of halogens is 3. The molecule has 0 unspecified atom stereocenters. The van der Waals surface area contributed by atoms with Gasteiger partial charge < -0.3 is 0 Å². The molecule has 2 aromatic rings. The minimum atomic E-state index is -2.48. The van der Waals surface area contributed by atoms with Gasteiger partial charge in [0.05, 0.1) is 0 Å². The summed E-state index contributed by atoms with van der Waals surface area (Å²) in [5.41, 5.74) is 0.0657. The van der Waals surface area contributed by atoms with Crippen LogP contribution in [0.1, 0.15) is 10.4 Å². The van der Waals surface area contributed by atoms with Gasteiger partial charge >= 0.3 is 124 Å². The molecule has 2 aromatic heterocycles. The molecule has 0 aromatic carbocycles. The van der Waals surface area contributed by atoms with Crippen LogP contribution in [0.4, 0.5) is 8.78 Å². The van der Waals surface area contributed by atoms with Crippen molar-refractivity contribution in [3.8, 4) is 0 Å². The molecule has 2 rings (SSSR count). The number of alkyl halides is 2. The summed E-state index contributed by atoms with van der Waals surface area (Å²) >= 11 is 5.03. The first-order chi connectivity index (χ1) is 9.45. The Morgan fingerprint density at radius 1 is 1.50 bits per heavy atom. The molecule has 0 saturated carbocycles. The second-order valence-electron chi connectivity index (χ2n) is 3.75. The maximum absolute atomic E-state index is 12.2. The van der Waals surface area contributed by atoms with Crippen LogP contribution in [-0.4, -0.2) is 48.0 Å². The molecule has 0 aliphatic heterocycles. The fourth-order valence-electron chi connectivity index (χ4n) is 1.47. The number of pyridine rings is 1. The van der Waals surface area contributed by atoms with Gasteiger partial charge in [0.25, 0.3) is 0 Å². The van der Waals surface area contributed by atoms with Crippen LogP contribution in [0.15, 0.2) is 24.7 Å². The van der Waals surface area contributed by atoms with Crippen LogP contribution < -0.4 is 8.70 Å². The second-order valence-corrected chi connectivity index (χ2v) is 6.70. The van der Waals surface area contributed by atoms with Crippen molar-refractivity contribution < 1.29 is 18.7 Å². The monoisotopic (exact) mass is 362 g/mol. The first kappa shape index (κ1) is 14.9. The van der Waals surface area contributed by atoms with E-state index in [1.807, 2.05) is 0 Å². The molecular formula is C11H8AsClF2N3O2. The van der Waals surface area contributed by atoms with E-state index >= 15 is 0 Å². The molecule has 1 radical (unpaired) electrons. The number of aromatic nitrogens is 3. The molecule has 9 heteroatoms. The Morgan fingerprint density at radius 3 is 2.90 bits per heavy atom. The molecule has 0 amide bonds. The zero-order valence-electron chi connectivity index (χ0n) is 9.87. The van der Waals surface area contributed by atoms with E-state index < -0.39 is 34.7 Å². The zero-order chi connectivity index (χ0) is 14.7. The predicted octanol–water partition coefficient (Wildman–Crippen LogP) is 0.550. The van der Waals surface area contributed by atoms with Crippen molar-refractivity contribution in [1.82, 2.24) is 14.8 Å². The van der Waals surface area contributed by atoms with E-state index in [1.165, 1.54) is 24.7 Å². The van der Waals surface area contributed by atoms with Crippen molar-refractivity contribution in [3.05, 3.63) is 35.4 Å². The van der Waals surface area contributed by atoms with Crippen molar-refractivity contribution >= 4 is 42.0 Å². The average molecular weight is 363 g/mol. The summed E-state index contributed by atoms with van der Waals surface area (Å²) in [6.45, 7) is -0.482. The molecule has 105 valence electrons. The Kier molecular flexibility index (Phi) is 4.72. The summed E-state index contributed by atoms with van der Waals surface area (Å²) in [6, 6.07) is 1.48. The molecule has 20 heavy (non-hydrogen) atoms. The SMILES string of the molecule is O=C(O)c1cnc(Cl)cc1[As]c1cnn(CC(F)F)c1. The standard InChI is InChI=1S/C11H8AsClF2N3O2/c13-9-1-8(7(3-16-9)11(19)20)12-6-2-17-18(4-6)5-10(14)15/h1-4,10H,5H2,(H,19,20). The Bertz CT molecular complexity index is 636. The van der Waals surface area contributed by atoms with Gasteiger partial charge in [0, 0.05) is 0 Å². The Hall–Kier alpha value is -1.46. The summed E-state index contributed by atoms with van der Waals surface area (Å²) < 4.78 is 26.8. The van der Waals surface area contributed by atoms with Gasteiger partial charge in [0.2, 0.25) is 0 Å². The van der Waals surface area contributed by atoms with Gasteiger partial charge in [0.1, 0.15) is 0 Å². The molecule has 0 saturated heterocycles. The number of hydrogen-bond donors (Lipinski definition) is 1. The fourth-order valence-corrected chi connectivity index (χ4v) is 3.97. The molecule has 1 N–H and O–H groups in total. The minimum absolute atomic E-state index is 0.0657. The maximum atomic E-state index is 12.2. The normalized spacial score (nSPS) is 11.6. The first-order valence-electron chi connectivity index (χ1n) is 5.37. The van der Waals surface area contributed by atoms with Crippen LogP contribution in [-0.2, 0) is 6.54 Å². The summed E-state index contributed by atoms with van der Waals surface area (Å²) in [5.74, 6) is -1.10. The topological polar surface area (TPSA) is 68.0 Å². The van der Waals surface area contributed by atoms with Crippen molar-refractivity contribution in [2.75, 3.05) is 0 Å². The molecule has 0 aliphatic carbocycles. The summed E-state index contributed by atoms with van der Waals surface area (Å²) in [6.07, 6.45) is 1.66. The number of hydrogen-bond acceptors (Lipinski definition) is 3. The summed E-state index contributed by atoms with van der Waals surface area (Å²) in [5, 5.41) is 13.1. The molecule has 5 nitrogen and oxygen atoms in total. The third-order valence-corrected chi connectivity index (χ3v) is 4.79. The van der Waals surface area contributed by atoms with Gasteiger partial charge in [-0.2, -0.15) is 0 Å². The Labute approximate surface area is 124 Å². The van der Waals surface area contributed by atoms with E-state index in [0.717, 1.165) is 4.68 Å². The molecule has 2 heterocycles. The van der Waals surface area contributed by atoms with Crippen molar-refractivity contribution in [2.24, 2.45) is 0 Å². The predicted molar refractivity (Wildman–Crippen MR) is 69.5 cm³/mol. The van der Waals surface area contributed by atoms with E-state index in [2.05, 4.69) is 10.1 Å². The first-order valence-corrected chi connectivity index (χ1v) is 7.62. The Balaban J connectivity index is 2.23. The van der Waals surface area contributed by atoms with Crippen LogP contribution in [0, 0.1) is 0 Å². The number of rotatable bonds is 5. The Morgan fingerprint density at radius 2 is 2.25 bits per heavy atom. The van der Waals surface area contributed by atoms with E-state index in [1.54, 1.807) is 0 Å². The van der Waals surface area contributed by atoms with Gasteiger partial charge in [-0.1, -0.05) is 0 Å². The third-order valence-electron chi connectivity index (χ3n) is 2.27. The summed E-state index contributed by atoms with van der Waals surface area (Å²) in [4.78, 5) is 14.8. The molecule has 0 fully saturated rings.